The zero-order valence-electron chi connectivity index (χ0n) is 10.7. The lowest BCUT2D eigenvalue weighted by Crippen LogP contribution is -2.30. The second kappa shape index (κ2) is 6.80. The molecule has 1 aromatic rings. The number of aryl methyl sites for hydroxylation is 1. The van der Waals surface area contributed by atoms with Crippen LogP contribution in [0.4, 0.5) is 5.13 Å². The standard InChI is InChI=1S/C12H20N4OS/c1-2-11-15-16-12(18-11)14-10(17)6-5-9-4-3-7-13-8-9/h9,13H,2-8H2,1H3,(H,14,16,17). The van der Waals surface area contributed by atoms with E-state index in [0.29, 0.717) is 17.5 Å². The average molecular weight is 268 g/mol. The van der Waals surface area contributed by atoms with Crippen LogP contribution in [-0.4, -0.2) is 29.2 Å². The summed E-state index contributed by atoms with van der Waals surface area (Å²) in [5, 5.41) is 15.7. The number of piperidine rings is 1. The van der Waals surface area contributed by atoms with Gasteiger partial charge in [0.15, 0.2) is 0 Å². The van der Waals surface area contributed by atoms with E-state index in [0.717, 1.165) is 30.9 Å². The summed E-state index contributed by atoms with van der Waals surface area (Å²) >= 11 is 1.46. The lowest BCUT2D eigenvalue weighted by Gasteiger charge is -2.22. The molecule has 1 aliphatic rings. The van der Waals surface area contributed by atoms with Gasteiger partial charge in [0.25, 0.3) is 0 Å². The van der Waals surface area contributed by atoms with Crippen LogP contribution >= 0.6 is 11.3 Å². The van der Waals surface area contributed by atoms with Gasteiger partial charge in [-0.3, -0.25) is 4.79 Å². The first kappa shape index (κ1) is 13.4. The largest absolute Gasteiger partial charge is 0.316 e. The molecule has 0 bridgehead atoms. The van der Waals surface area contributed by atoms with E-state index in [2.05, 4.69) is 20.8 Å². The van der Waals surface area contributed by atoms with Crippen molar-refractivity contribution in [2.45, 2.75) is 39.0 Å². The van der Waals surface area contributed by atoms with E-state index in [1.54, 1.807) is 0 Å². The fraction of sp³-hybridized carbons (Fsp3) is 0.750. The normalized spacial score (nSPS) is 19.7. The Morgan fingerprint density at radius 1 is 1.56 bits per heavy atom. The molecule has 1 saturated heterocycles. The summed E-state index contributed by atoms with van der Waals surface area (Å²) in [6.07, 6.45) is 4.86. The van der Waals surface area contributed by atoms with Crippen molar-refractivity contribution in [3.63, 3.8) is 0 Å². The summed E-state index contributed by atoms with van der Waals surface area (Å²) in [4.78, 5) is 11.8. The molecule has 0 aliphatic carbocycles. The number of nitrogens with one attached hydrogen (secondary N) is 2. The van der Waals surface area contributed by atoms with Gasteiger partial charge in [-0.25, -0.2) is 0 Å². The molecule has 0 spiro atoms. The number of nitrogens with zero attached hydrogens (tertiary/aromatic N) is 2. The van der Waals surface area contributed by atoms with Gasteiger partial charge >= 0.3 is 0 Å². The van der Waals surface area contributed by atoms with Gasteiger partial charge in [0, 0.05) is 6.42 Å². The van der Waals surface area contributed by atoms with Crippen LogP contribution in [0.2, 0.25) is 0 Å². The van der Waals surface area contributed by atoms with Gasteiger partial charge in [-0.15, -0.1) is 10.2 Å². The van der Waals surface area contributed by atoms with Gasteiger partial charge < -0.3 is 10.6 Å². The number of aromatic nitrogens is 2. The number of hydrogen-bond donors (Lipinski definition) is 2. The van der Waals surface area contributed by atoms with Crippen LogP contribution in [0.5, 0.6) is 0 Å². The van der Waals surface area contributed by atoms with Crippen molar-refractivity contribution < 1.29 is 4.79 Å². The number of amides is 1. The molecule has 0 radical (unpaired) electrons. The highest BCUT2D eigenvalue weighted by molar-refractivity contribution is 7.15. The van der Waals surface area contributed by atoms with Crippen LogP contribution in [-0.2, 0) is 11.2 Å². The van der Waals surface area contributed by atoms with E-state index in [1.807, 2.05) is 6.92 Å². The maximum absolute atomic E-state index is 11.8. The van der Waals surface area contributed by atoms with Crippen LogP contribution in [0, 0.1) is 5.92 Å². The van der Waals surface area contributed by atoms with Gasteiger partial charge in [-0.2, -0.15) is 0 Å². The molecule has 1 amide bonds. The zero-order valence-corrected chi connectivity index (χ0v) is 11.6. The molecule has 1 aromatic heterocycles. The van der Waals surface area contributed by atoms with Crippen molar-refractivity contribution in [3.8, 4) is 0 Å². The minimum atomic E-state index is 0.0550. The molecule has 0 saturated carbocycles. The first-order valence-electron chi connectivity index (χ1n) is 6.61. The minimum Gasteiger partial charge on any atom is -0.316 e. The highest BCUT2D eigenvalue weighted by Gasteiger charge is 2.15. The third kappa shape index (κ3) is 4.03. The molecule has 1 unspecified atom stereocenters. The van der Waals surface area contributed by atoms with Gasteiger partial charge in [-0.05, 0) is 44.7 Å². The Labute approximate surface area is 111 Å². The number of anilines is 1. The van der Waals surface area contributed by atoms with Crippen molar-refractivity contribution in [2.24, 2.45) is 5.92 Å². The Morgan fingerprint density at radius 2 is 2.44 bits per heavy atom. The number of rotatable bonds is 5. The number of carbonyl (C=O) groups is 1. The van der Waals surface area contributed by atoms with Gasteiger partial charge in [-0.1, -0.05) is 18.3 Å². The van der Waals surface area contributed by atoms with E-state index in [-0.39, 0.29) is 5.91 Å². The quantitative estimate of drug-likeness (QED) is 0.855. The minimum absolute atomic E-state index is 0.0550. The van der Waals surface area contributed by atoms with E-state index in [1.165, 1.54) is 24.2 Å². The first-order valence-corrected chi connectivity index (χ1v) is 7.42. The highest BCUT2D eigenvalue weighted by Crippen LogP contribution is 2.18. The van der Waals surface area contributed by atoms with Crippen LogP contribution < -0.4 is 10.6 Å². The maximum Gasteiger partial charge on any atom is 0.226 e. The first-order chi connectivity index (χ1) is 8.78. The Bertz CT molecular complexity index is 387. The molecule has 18 heavy (non-hydrogen) atoms. The fourth-order valence-corrected chi connectivity index (χ4v) is 2.83. The third-order valence-corrected chi connectivity index (χ3v) is 4.18. The van der Waals surface area contributed by atoms with E-state index in [4.69, 9.17) is 0 Å². The Hall–Kier alpha value is -1.01. The van der Waals surface area contributed by atoms with Crippen molar-refractivity contribution >= 4 is 22.4 Å². The Balaban J connectivity index is 1.71. The predicted molar refractivity (Wildman–Crippen MR) is 72.7 cm³/mol. The maximum atomic E-state index is 11.8. The summed E-state index contributed by atoms with van der Waals surface area (Å²) in [5.74, 6) is 0.699. The van der Waals surface area contributed by atoms with Crippen molar-refractivity contribution in [1.29, 1.82) is 0 Å². The van der Waals surface area contributed by atoms with Gasteiger partial charge in [0.2, 0.25) is 11.0 Å². The number of carbonyl (C=O) groups excluding carboxylic acids is 1. The summed E-state index contributed by atoms with van der Waals surface area (Å²) in [6, 6.07) is 0. The molecular weight excluding hydrogens is 248 g/mol. The van der Waals surface area contributed by atoms with Gasteiger partial charge in [0.1, 0.15) is 5.01 Å². The van der Waals surface area contributed by atoms with E-state index < -0.39 is 0 Å². The molecule has 2 rings (SSSR count). The van der Waals surface area contributed by atoms with Crippen LogP contribution in [0.15, 0.2) is 0 Å². The molecule has 0 aromatic carbocycles. The lowest BCUT2D eigenvalue weighted by molar-refractivity contribution is -0.116. The summed E-state index contributed by atoms with van der Waals surface area (Å²) in [7, 11) is 0. The molecule has 1 atom stereocenters. The molecular formula is C12H20N4OS. The summed E-state index contributed by atoms with van der Waals surface area (Å²) < 4.78 is 0. The molecule has 100 valence electrons. The monoisotopic (exact) mass is 268 g/mol. The highest BCUT2D eigenvalue weighted by atomic mass is 32.1. The topological polar surface area (TPSA) is 66.9 Å². The molecule has 1 fully saturated rings. The average Bonchev–Trinajstić information content (AvgIpc) is 2.85. The third-order valence-electron chi connectivity index (χ3n) is 3.19. The Morgan fingerprint density at radius 3 is 3.11 bits per heavy atom. The molecule has 1 aliphatic heterocycles. The number of hydrogen-bond acceptors (Lipinski definition) is 5. The smallest absolute Gasteiger partial charge is 0.226 e. The van der Waals surface area contributed by atoms with Crippen molar-refractivity contribution in [3.05, 3.63) is 5.01 Å². The molecule has 2 heterocycles. The summed E-state index contributed by atoms with van der Waals surface area (Å²) in [5.41, 5.74) is 0. The fourth-order valence-electron chi connectivity index (χ4n) is 2.13. The van der Waals surface area contributed by atoms with Gasteiger partial charge in [0.05, 0.1) is 0 Å². The molecule has 5 nitrogen and oxygen atoms in total. The molecule has 6 heteroatoms. The van der Waals surface area contributed by atoms with Crippen LogP contribution in [0.25, 0.3) is 0 Å². The Kier molecular flexibility index (Phi) is 5.07. The zero-order chi connectivity index (χ0) is 12.8. The van der Waals surface area contributed by atoms with Crippen molar-refractivity contribution in [2.75, 3.05) is 18.4 Å². The second-order valence-corrected chi connectivity index (χ2v) is 5.72. The van der Waals surface area contributed by atoms with Crippen molar-refractivity contribution in [1.82, 2.24) is 15.5 Å². The van der Waals surface area contributed by atoms with Crippen LogP contribution in [0.3, 0.4) is 0 Å². The van der Waals surface area contributed by atoms with E-state index >= 15 is 0 Å². The van der Waals surface area contributed by atoms with Crippen LogP contribution in [0.1, 0.15) is 37.6 Å². The molecule has 2 N–H and O–H groups in total. The summed E-state index contributed by atoms with van der Waals surface area (Å²) in [6.45, 7) is 4.20. The van der Waals surface area contributed by atoms with E-state index in [9.17, 15) is 4.79 Å². The second-order valence-electron chi connectivity index (χ2n) is 4.65. The predicted octanol–water partition coefficient (Wildman–Crippen LogP) is 1.82. The lowest BCUT2D eigenvalue weighted by atomic mass is 9.94. The SMILES string of the molecule is CCc1nnc(NC(=O)CCC2CCCNC2)s1.